The van der Waals surface area contributed by atoms with E-state index in [0.29, 0.717) is 25.5 Å². The summed E-state index contributed by atoms with van der Waals surface area (Å²) in [5, 5.41) is 8.76. The van der Waals surface area contributed by atoms with Gasteiger partial charge in [0.1, 0.15) is 5.84 Å². The van der Waals surface area contributed by atoms with Crippen molar-refractivity contribution >= 4 is 22.0 Å². The highest BCUT2D eigenvalue weighted by Crippen LogP contribution is 2.12. The summed E-state index contributed by atoms with van der Waals surface area (Å²) in [5.74, 6) is 0.360. The molecule has 0 atom stereocenters. The van der Waals surface area contributed by atoms with Gasteiger partial charge in [-0.25, -0.2) is 13.2 Å². The predicted molar refractivity (Wildman–Crippen MR) is 52.4 cm³/mol. The fourth-order valence-corrected chi connectivity index (χ4v) is 2.68. The molecule has 1 saturated heterocycles. The van der Waals surface area contributed by atoms with E-state index in [4.69, 9.17) is 5.11 Å². The summed E-state index contributed by atoms with van der Waals surface area (Å²) in [4.78, 5) is 13.7. The van der Waals surface area contributed by atoms with Gasteiger partial charge in [-0.05, 0) is 0 Å². The molecule has 7 nitrogen and oxygen atoms in total. The van der Waals surface area contributed by atoms with E-state index in [1.807, 2.05) is 4.90 Å². The van der Waals surface area contributed by atoms with Gasteiger partial charge in [0, 0.05) is 19.6 Å². The molecule has 1 fully saturated rings. The summed E-state index contributed by atoms with van der Waals surface area (Å²) < 4.78 is 26.0. The van der Waals surface area contributed by atoms with Crippen molar-refractivity contribution < 1.29 is 18.3 Å². The first-order valence-electron chi connectivity index (χ1n) is 4.52. The Labute approximate surface area is 87.0 Å². The van der Waals surface area contributed by atoms with Crippen LogP contribution >= 0.6 is 0 Å². The Balaban J connectivity index is 2.22. The van der Waals surface area contributed by atoms with Crippen molar-refractivity contribution in [3.05, 3.63) is 0 Å². The monoisotopic (exact) mass is 233 g/mol. The van der Waals surface area contributed by atoms with Crippen molar-refractivity contribution in [2.24, 2.45) is 4.40 Å². The highest BCUT2D eigenvalue weighted by Gasteiger charge is 2.30. The van der Waals surface area contributed by atoms with Crippen molar-refractivity contribution in [3.8, 4) is 0 Å². The molecule has 0 aromatic rings. The van der Waals surface area contributed by atoms with Gasteiger partial charge < -0.3 is 10.0 Å². The normalized spacial score (nSPS) is 24.4. The zero-order valence-corrected chi connectivity index (χ0v) is 8.77. The van der Waals surface area contributed by atoms with Gasteiger partial charge in [-0.3, -0.25) is 4.90 Å². The van der Waals surface area contributed by atoms with Crippen LogP contribution < -0.4 is 0 Å². The van der Waals surface area contributed by atoms with Crippen molar-refractivity contribution in [2.45, 2.75) is 0 Å². The molecule has 84 valence electrons. The number of sulfonamides is 1. The lowest BCUT2D eigenvalue weighted by Crippen LogP contribution is -2.54. The van der Waals surface area contributed by atoms with E-state index in [1.165, 1.54) is 0 Å². The van der Waals surface area contributed by atoms with E-state index in [1.54, 1.807) is 0 Å². The zero-order valence-electron chi connectivity index (χ0n) is 7.96. The number of piperazine rings is 1. The molecule has 15 heavy (non-hydrogen) atoms. The van der Waals surface area contributed by atoms with Crippen LogP contribution in [0.15, 0.2) is 4.40 Å². The maximum absolute atomic E-state index is 11.2. The molecule has 2 rings (SSSR count). The number of carboxylic acid groups (broad SMARTS) is 1. The first-order valence-corrected chi connectivity index (χ1v) is 6.13. The number of carbonyl (C=O) groups is 1. The largest absolute Gasteiger partial charge is 0.465 e. The Bertz CT molecular complexity index is 416. The molecule has 0 radical (unpaired) electrons. The quantitative estimate of drug-likeness (QED) is 0.581. The first-order chi connectivity index (χ1) is 6.98. The fourth-order valence-electron chi connectivity index (χ4n) is 1.64. The van der Waals surface area contributed by atoms with Crippen LogP contribution in [0.25, 0.3) is 0 Å². The molecule has 2 aliphatic rings. The number of amidine groups is 1. The van der Waals surface area contributed by atoms with E-state index in [9.17, 15) is 13.2 Å². The standard InChI is InChI=1S/C7H11N3O4S/c11-7(12)10-2-1-9-3-4-15(13,14)8-6(9)5-10/h1-5H2,(H,11,12). The zero-order chi connectivity index (χ0) is 11.1. The topological polar surface area (TPSA) is 90.3 Å². The molecule has 2 heterocycles. The maximum Gasteiger partial charge on any atom is 0.407 e. The van der Waals surface area contributed by atoms with Gasteiger partial charge in [0.05, 0.1) is 12.3 Å². The van der Waals surface area contributed by atoms with E-state index < -0.39 is 16.1 Å². The molecule has 8 heteroatoms. The number of nitrogens with zero attached hydrogens (tertiary/aromatic N) is 3. The van der Waals surface area contributed by atoms with Crippen molar-refractivity contribution in [2.75, 3.05) is 31.9 Å². The average molecular weight is 233 g/mol. The molecule has 0 spiro atoms. The second kappa shape index (κ2) is 3.37. The van der Waals surface area contributed by atoms with Crippen LogP contribution in [0.3, 0.4) is 0 Å². The predicted octanol–water partition coefficient (Wildman–Crippen LogP) is -0.976. The van der Waals surface area contributed by atoms with Gasteiger partial charge in [-0.2, -0.15) is 0 Å². The molecule has 0 aromatic carbocycles. The third-order valence-electron chi connectivity index (χ3n) is 2.47. The maximum atomic E-state index is 11.2. The minimum Gasteiger partial charge on any atom is -0.465 e. The van der Waals surface area contributed by atoms with Gasteiger partial charge in [0.15, 0.2) is 0 Å². The number of hydrogen-bond donors (Lipinski definition) is 1. The lowest BCUT2D eigenvalue weighted by molar-refractivity contribution is 0.140. The minimum absolute atomic E-state index is 0.0174. The Morgan fingerprint density at radius 2 is 2.07 bits per heavy atom. The summed E-state index contributed by atoms with van der Waals surface area (Å²) in [6, 6.07) is 0. The first kappa shape index (κ1) is 10.2. The van der Waals surface area contributed by atoms with Gasteiger partial charge in [-0.15, -0.1) is 4.40 Å². The molecule has 1 amide bonds. The van der Waals surface area contributed by atoms with Crippen LogP contribution in [-0.4, -0.2) is 67.2 Å². The summed E-state index contributed by atoms with van der Waals surface area (Å²) in [6.45, 7) is 1.39. The van der Waals surface area contributed by atoms with Crippen molar-refractivity contribution in [1.82, 2.24) is 9.80 Å². The third kappa shape index (κ3) is 2.04. The molecule has 1 N–H and O–H groups in total. The average Bonchev–Trinajstić information content (AvgIpc) is 2.15. The van der Waals surface area contributed by atoms with Gasteiger partial charge in [-0.1, -0.05) is 0 Å². The van der Waals surface area contributed by atoms with Crippen LogP contribution in [0, 0.1) is 0 Å². The van der Waals surface area contributed by atoms with E-state index in [-0.39, 0.29) is 12.3 Å². The van der Waals surface area contributed by atoms with E-state index in [2.05, 4.69) is 4.40 Å². The van der Waals surface area contributed by atoms with Crippen molar-refractivity contribution in [1.29, 1.82) is 0 Å². The number of hydrogen-bond acceptors (Lipinski definition) is 4. The smallest absolute Gasteiger partial charge is 0.407 e. The SMILES string of the molecule is O=C(O)N1CCN2CCS(=O)(=O)N=C2C1. The van der Waals surface area contributed by atoms with Gasteiger partial charge in [0.2, 0.25) is 0 Å². The van der Waals surface area contributed by atoms with Crippen LogP contribution in [0.1, 0.15) is 0 Å². The number of fused-ring (bicyclic) bond motifs is 1. The fraction of sp³-hybridized carbons (Fsp3) is 0.714. The summed E-state index contributed by atoms with van der Waals surface area (Å²) in [7, 11) is -3.38. The molecular formula is C7H11N3O4S. The molecule has 0 bridgehead atoms. The van der Waals surface area contributed by atoms with Gasteiger partial charge >= 0.3 is 6.09 Å². The summed E-state index contributed by atoms with van der Waals surface area (Å²) in [5.41, 5.74) is 0. The molecule has 0 saturated carbocycles. The summed E-state index contributed by atoms with van der Waals surface area (Å²) in [6.07, 6.45) is -1.04. The second-order valence-electron chi connectivity index (χ2n) is 3.48. The second-order valence-corrected chi connectivity index (χ2v) is 5.24. The number of amides is 1. The molecule has 2 aliphatic heterocycles. The lowest BCUT2D eigenvalue weighted by atomic mass is 10.3. The highest BCUT2D eigenvalue weighted by molar-refractivity contribution is 7.90. The van der Waals surface area contributed by atoms with Crippen LogP contribution in [0.4, 0.5) is 4.79 Å². The Hall–Kier alpha value is -1.31. The van der Waals surface area contributed by atoms with Crippen LogP contribution in [0.2, 0.25) is 0 Å². The summed E-state index contributed by atoms with van der Waals surface area (Å²) >= 11 is 0. The van der Waals surface area contributed by atoms with Crippen molar-refractivity contribution in [3.63, 3.8) is 0 Å². The minimum atomic E-state index is -3.38. The van der Waals surface area contributed by atoms with E-state index >= 15 is 0 Å². The third-order valence-corrected chi connectivity index (χ3v) is 3.66. The van der Waals surface area contributed by atoms with Gasteiger partial charge in [0.25, 0.3) is 10.0 Å². The van der Waals surface area contributed by atoms with E-state index in [0.717, 1.165) is 4.90 Å². The van der Waals surface area contributed by atoms with Crippen LogP contribution in [0.5, 0.6) is 0 Å². The Kier molecular flexibility index (Phi) is 2.29. The highest BCUT2D eigenvalue weighted by atomic mass is 32.2. The molecule has 0 aromatic heterocycles. The molecular weight excluding hydrogens is 222 g/mol. The molecule has 0 unspecified atom stereocenters. The number of rotatable bonds is 0. The molecule has 0 aliphatic carbocycles. The lowest BCUT2D eigenvalue weighted by Gasteiger charge is -2.37. The van der Waals surface area contributed by atoms with Crippen LogP contribution in [-0.2, 0) is 10.0 Å². The Morgan fingerprint density at radius 1 is 1.33 bits per heavy atom. The Morgan fingerprint density at radius 3 is 2.73 bits per heavy atom.